The maximum atomic E-state index is 12.9. The second-order valence-electron chi connectivity index (χ2n) is 6.37. The summed E-state index contributed by atoms with van der Waals surface area (Å²) >= 11 is 0. The third-order valence-corrected chi connectivity index (χ3v) is 4.42. The zero-order valence-corrected chi connectivity index (χ0v) is 15.0. The number of carbonyl (C=O) groups is 1. The molecule has 28 heavy (non-hydrogen) atoms. The Kier molecular flexibility index (Phi) is 6.01. The Morgan fingerprint density at radius 1 is 1.04 bits per heavy atom. The molecule has 0 atom stereocenters. The molecule has 2 aromatic rings. The summed E-state index contributed by atoms with van der Waals surface area (Å²) in [5.41, 5.74) is -0.791. The lowest BCUT2D eigenvalue weighted by Crippen LogP contribution is -2.38. The molecule has 0 spiro atoms. The first-order valence-corrected chi connectivity index (χ1v) is 8.77. The Bertz CT molecular complexity index is 794. The first-order chi connectivity index (χ1) is 13.3. The number of hydrogen-bond donors (Lipinski definition) is 0. The van der Waals surface area contributed by atoms with Crippen molar-refractivity contribution in [1.29, 1.82) is 0 Å². The maximum absolute atomic E-state index is 12.9. The molecule has 1 aliphatic heterocycles. The van der Waals surface area contributed by atoms with Gasteiger partial charge in [-0.2, -0.15) is 13.2 Å². The number of halogens is 4. The number of carbonyl (C=O) groups excluding carboxylic acids is 1. The number of amides is 1. The van der Waals surface area contributed by atoms with E-state index in [1.807, 2.05) is 4.90 Å². The van der Waals surface area contributed by atoms with E-state index < -0.39 is 11.7 Å². The van der Waals surface area contributed by atoms with E-state index in [1.54, 1.807) is 4.90 Å². The molecule has 1 aromatic carbocycles. The van der Waals surface area contributed by atoms with Crippen LogP contribution in [0.15, 0.2) is 42.6 Å². The van der Waals surface area contributed by atoms with Gasteiger partial charge in [-0.05, 0) is 42.8 Å². The number of anilines is 1. The minimum absolute atomic E-state index is 0.163. The number of hydrogen-bond acceptors (Lipinski definition) is 4. The first kappa shape index (κ1) is 19.9. The lowest BCUT2D eigenvalue weighted by molar-refractivity contribution is -0.137. The third kappa shape index (κ3) is 5.11. The van der Waals surface area contributed by atoms with Crippen LogP contribution in [0.5, 0.6) is 5.75 Å². The Labute approximate surface area is 159 Å². The number of nitrogens with zero attached hydrogens (tertiary/aromatic N) is 3. The van der Waals surface area contributed by atoms with Crippen LogP contribution in [0, 0.1) is 5.82 Å². The lowest BCUT2D eigenvalue weighted by atomic mass is 10.2. The van der Waals surface area contributed by atoms with Gasteiger partial charge < -0.3 is 14.5 Å². The van der Waals surface area contributed by atoms with Crippen LogP contribution in [0.4, 0.5) is 23.4 Å². The van der Waals surface area contributed by atoms with Gasteiger partial charge >= 0.3 is 6.18 Å². The van der Waals surface area contributed by atoms with Gasteiger partial charge in [0.25, 0.3) is 5.91 Å². The number of ether oxygens (including phenoxy) is 1. The number of aromatic nitrogens is 1. The van der Waals surface area contributed by atoms with Crippen molar-refractivity contribution in [2.75, 3.05) is 37.7 Å². The first-order valence-electron chi connectivity index (χ1n) is 8.77. The van der Waals surface area contributed by atoms with Gasteiger partial charge in [-0.25, -0.2) is 9.37 Å². The van der Waals surface area contributed by atoms with E-state index in [0.717, 1.165) is 12.3 Å². The molecule has 0 unspecified atom stereocenters. The summed E-state index contributed by atoms with van der Waals surface area (Å²) in [6.07, 6.45) is -2.94. The Balaban J connectivity index is 1.54. The van der Waals surface area contributed by atoms with Crippen molar-refractivity contribution in [3.8, 4) is 5.75 Å². The Hall–Kier alpha value is -2.84. The van der Waals surface area contributed by atoms with E-state index >= 15 is 0 Å². The summed E-state index contributed by atoms with van der Waals surface area (Å²) in [4.78, 5) is 19.8. The quantitative estimate of drug-likeness (QED) is 0.743. The molecule has 150 valence electrons. The smallest absolute Gasteiger partial charge is 0.417 e. The number of rotatable bonds is 4. The monoisotopic (exact) mass is 397 g/mol. The molecule has 3 rings (SSSR count). The molecule has 0 aliphatic carbocycles. The molecule has 1 saturated heterocycles. The molecular formula is C19H19F4N3O2. The van der Waals surface area contributed by atoms with Gasteiger partial charge in [0.2, 0.25) is 0 Å². The summed E-state index contributed by atoms with van der Waals surface area (Å²) < 4.78 is 56.2. The van der Waals surface area contributed by atoms with Gasteiger partial charge in [0, 0.05) is 32.4 Å². The molecular weight excluding hydrogens is 378 g/mol. The van der Waals surface area contributed by atoms with Crippen molar-refractivity contribution >= 4 is 11.7 Å². The summed E-state index contributed by atoms with van der Waals surface area (Å²) in [5.74, 6) is 0.264. The van der Waals surface area contributed by atoms with Gasteiger partial charge in [-0.3, -0.25) is 4.79 Å². The SMILES string of the molecule is O=C(COc1ccc(F)cc1)N1CCCN(c2ccc(C(F)(F)F)cn2)CC1. The zero-order valence-electron chi connectivity index (χ0n) is 15.0. The lowest BCUT2D eigenvalue weighted by Gasteiger charge is -2.23. The van der Waals surface area contributed by atoms with Gasteiger partial charge in [0.15, 0.2) is 6.61 Å². The molecule has 1 amide bonds. The fraction of sp³-hybridized carbons (Fsp3) is 0.368. The number of pyridine rings is 1. The van der Waals surface area contributed by atoms with Crippen molar-refractivity contribution in [2.45, 2.75) is 12.6 Å². The third-order valence-electron chi connectivity index (χ3n) is 4.42. The van der Waals surface area contributed by atoms with Crippen LogP contribution in [0.2, 0.25) is 0 Å². The molecule has 0 bridgehead atoms. The second kappa shape index (κ2) is 8.45. The Morgan fingerprint density at radius 2 is 1.79 bits per heavy atom. The summed E-state index contributed by atoms with van der Waals surface area (Å²) in [6.45, 7) is 1.81. The summed E-state index contributed by atoms with van der Waals surface area (Å²) in [5, 5.41) is 0. The minimum atomic E-state index is -4.42. The highest BCUT2D eigenvalue weighted by atomic mass is 19.4. The number of alkyl halides is 3. The normalized spacial score (nSPS) is 15.3. The van der Waals surface area contributed by atoms with Crippen molar-refractivity contribution in [3.05, 3.63) is 54.0 Å². The maximum Gasteiger partial charge on any atom is 0.417 e. The molecule has 0 saturated carbocycles. The van der Waals surface area contributed by atoms with E-state index in [1.165, 1.54) is 30.3 Å². The Morgan fingerprint density at radius 3 is 2.43 bits per heavy atom. The van der Waals surface area contributed by atoms with Crippen LogP contribution in [0.1, 0.15) is 12.0 Å². The molecule has 0 radical (unpaired) electrons. The average molecular weight is 397 g/mol. The standard InChI is InChI=1S/C19H19F4N3O2/c20-15-3-5-16(6-4-15)28-13-18(27)26-9-1-8-25(10-11-26)17-7-2-14(12-24-17)19(21,22)23/h2-7,12H,1,8-11,13H2. The van der Waals surface area contributed by atoms with Crippen LogP contribution in [0.3, 0.4) is 0 Å². The molecule has 1 aromatic heterocycles. The van der Waals surface area contributed by atoms with E-state index in [-0.39, 0.29) is 18.3 Å². The van der Waals surface area contributed by atoms with Gasteiger partial charge in [-0.1, -0.05) is 0 Å². The molecule has 2 heterocycles. The highest BCUT2D eigenvalue weighted by Crippen LogP contribution is 2.29. The van der Waals surface area contributed by atoms with Crippen LogP contribution < -0.4 is 9.64 Å². The van der Waals surface area contributed by atoms with Crippen LogP contribution in [-0.4, -0.2) is 48.6 Å². The summed E-state index contributed by atoms with van der Waals surface area (Å²) in [7, 11) is 0. The predicted molar refractivity (Wildman–Crippen MR) is 94.5 cm³/mol. The number of benzene rings is 1. The van der Waals surface area contributed by atoms with Gasteiger partial charge in [0.05, 0.1) is 5.56 Å². The second-order valence-corrected chi connectivity index (χ2v) is 6.37. The largest absolute Gasteiger partial charge is 0.484 e. The van der Waals surface area contributed by atoms with Gasteiger partial charge in [0.1, 0.15) is 17.4 Å². The van der Waals surface area contributed by atoms with E-state index in [4.69, 9.17) is 4.74 Å². The average Bonchev–Trinajstić information content (AvgIpc) is 2.93. The molecule has 5 nitrogen and oxygen atoms in total. The van der Waals surface area contributed by atoms with E-state index in [0.29, 0.717) is 44.2 Å². The molecule has 1 aliphatic rings. The molecule has 1 fully saturated rings. The molecule has 0 N–H and O–H groups in total. The van der Waals surface area contributed by atoms with Crippen LogP contribution in [-0.2, 0) is 11.0 Å². The van der Waals surface area contributed by atoms with Crippen LogP contribution in [0.25, 0.3) is 0 Å². The van der Waals surface area contributed by atoms with Crippen molar-refractivity contribution in [2.24, 2.45) is 0 Å². The van der Waals surface area contributed by atoms with Crippen molar-refractivity contribution in [1.82, 2.24) is 9.88 Å². The van der Waals surface area contributed by atoms with Gasteiger partial charge in [-0.15, -0.1) is 0 Å². The minimum Gasteiger partial charge on any atom is -0.484 e. The predicted octanol–water partition coefficient (Wildman–Crippen LogP) is 3.36. The summed E-state index contributed by atoms with van der Waals surface area (Å²) in [6, 6.07) is 7.75. The fourth-order valence-corrected chi connectivity index (χ4v) is 2.90. The van der Waals surface area contributed by atoms with E-state index in [2.05, 4.69) is 4.98 Å². The fourth-order valence-electron chi connectivity index (χ4n) is 2.90. The molecule has 9 heteroatoms. The highest BCUT2D eigenvalue weighted by molar-refractivity contribution is 5.77. The van der Waals surface area contributed by atoms with E-state index in [9.17, 15) is 22.4 Å². The topological polar surface area (TPSA) is 45.7 Å². The van der Waals surface area contributed by atoms with Crippen molar-refractivity contribution < 1.29 is 27.1 Å². The van der Waals surface area contributed by atoms with Crippen LogP contribution >= 0.6 is 0 Å². The zero-order chi connectivity index (χ0) is 20.1. The van der Waals surface area contributed by atoms with Crippen molar-refractivity contribution in [3.63, 3.8) is 0 Å². The highest BCUT2D eigenvalue weighted by Gasteiger charge is 2.31.